The summed E-state index contributed by atoms with van der Waals surface area (Å²) in [4.78, 5) is 39.4. The lowest BCUT2D eigenvalue weighted by molar-refractivity contribution is -0.203. The Labute approximate surface area is 201 Å². The monoisotopic (exact) mass is 482 g/mol. The molecule has 3 unspecified atom stereocenters. The Kier molecular flexibility index (Phi) is 5.66. The van der Waals surface area contributed by atoms with E-state index in [9.17, 15) is 29.7 Å². The van der Waals surface area contributed by atoms with Gasteiger partial charge in [0.15, 0.2) is 17.9 Å². The van der Waals surface area contributed by atoms with Crippen LogP contribution in [0.5, 0.6) is 17.2 Å². The largest absolute Gasteiger partial charge is 0.507 e. The molecule has 5 rings (SSSR count). The zero-order valence-corrected chi connectivity index (χ0v) is 19.4. The third-order valence-electron chi connectivity index (χ3n) is 7.19. The Hall–Kier alpha value is -3.27. The number of aliphatic hydroxyl groups is 1. The van der Waals surface area contributed by atoms with Crippen molar-refractivity contribution in [1.82, 2.24) is 0 Å². The molecule has 0 amide bonds. The molecule has 3 atom stereocenters. The molecule has 1 fully saturated rings. The van der Waals surface area contributed by atoms with Crippen LogP contribution in [0.15, 0.2) is 18.2 Å². The summed E-state index contributed by atoms with van der Waals surface area (Å²) in [6, 6.07) is 4.52. The van der Waals surface area contributed by atoms with Crippen LogP contribution in [0, 0.1) is 0 Å². The number of benzene rings is 2. The van der Waals surface area contributed by atoms with Crippen LogP contribution in [0.2, 0.25) is 0 Å². The second-order valence-electron chi connectivity index (χ2n) is 9.27. The Balaban J connectivity index is 1.72. The number of carbonyl (C=O) groups excluding carboxylic acids is 3. The molecule has 3 aliphatic rings. The molecule has 0 bridgehead atoms. The van der Waals surface area contributed by atoms with Gasteiger partial charge >= 0.3 is 0 Å². The number of rotatable bonds is 4. The first-order valence-corrected chi connectivity index (χ1v) is 11.6. The minimum absolute atomic E-state index is 0.00138. The van der Waals surface area contributed by atoms with Gasteiger partial charge in [-0.2, -0.15) is 0 Å². The molecule has 1 heterocycles. The highest BCUT2D eigenvalue weighted by Gasteiger charge is 2.48. The molecular weight excluding hydrogens is 456 g/mol. The van der Waals surface area contributed by atoms with E-state index in [0.717, 1.165) is 12.8 Å². The zero-order valence-electron chi connectivity index (χ0n) is 19.4. The molecule has 0 radical (unpaired) electrons. The lowest BCUT2D eigenvalue weighted by atomic mass is 9.72. The lowest BCUT2D eigenvalue weighted by Crippen LogP contribution is -2.45. The number of ketones is 3. The summed E-state index contributed by atoms with van der Waals surface area (Å²) in [5.74, 6) is -2.81. The van der Waals surface area contributed by atoms with E-state index in [0.29, 0.717) is 13.0 Å². The molecular formula is C26H26O9. The molecule has 184 valence electrons. The highest BCUT2D eigenvalue weighted by Crippen LogP contribution is 2.52. The van der Waals surface area contributed by atoms with E-state index in [-0.39, 0.29) is 52.0 Å². The molecule has 1 saturated heterocycles. The fourth-order valence-electron chi connectivity index (χ4n) is 5.30. The van der Waals surface area contributed by atoms with Gasteiger partial charge in [0.25, 0.3) is 0 Å². The van der Waals surface area contributed by atoms with Crippen molar-refractivity contribution in [3.05, 3.63) is 51.6 Å². The minimum atomic E-state index is -1.90. The number of carbonyl (C=O) groups is 3. The van der Waals surface area contributed by atoms with Crippen molar-refractivity contribution >= 4 is 17.3 Å². The molecule has 2 aromatic rings. The molecule has 0 spiro atoms. The van der Waals surface area contributed by atoms with Crippen LogP contribution in [-0.2, 0) is 20.7 Å². The third-order valence-corrected chi connectivity index (χ3v) is 7.19. The van der Waals surface area contributed by atoms with Crippen LogP contribution >= 0.6 is 0 Å². The Morgan fingerprint density at radius 2 is 1.83 bits per heavy atom. The van der Waals surface area contributed by atoms with E-state index >= 15 is 0 Å². The van der Waals surface area contributed by atoms with Crippen LogP contribution < -0.4 is 4.74 Å². The average Bonchev–Trinajstić information content (AvgIpc) is 2.84. The van der Waals surface area contributed by atoms with Gasteiger partial charge in [-0.15, -0.1) is 0 Å². The summed E-state index contributed by atoms with van der Waals surface area (Å²) in [6.45, 7) is 1.71. The molecule has 9 heteroatoms. The maximum atomic E-state index is 13.6. The molecule has 0 aromatic heterocycles. The predicted octanol–water partition coefficient (Wildman–Crippen LogP) is 2.73. The van der Waals surface area contributed by atoms with Gasteiger partial charge in [-0.3, -0.25) is 14.4 Å². The second-order valence-corrected chi connectivity index (χ2v) is 9.27. The maximum absolute atomic E-state index is 13.6. The van der Waals surface area contributed by atoms with Gasteiger partial charge in [-0.1, -0.05) is 12.1 Å². The molecule has 1 aliphatic heterocycles. The molecule has 2 aromatic carbocycles. The predicted molar refractivity (Wildman–Crippen MR) is 121 cm³/mol. The summed E-state index contributed by atoms with van der Waals surface area (Å²) in [6.07, 6.45) is 0.0395. The summed E-state index contributed by atoms with van der Waals surface area (Å²) < 4.78 is 17.0. The van der Waals surface area contributed by atoms with Crippen LogP contribution in [0.1, 0.15) is 81.7 Å². The Morgan fingerprint density at radius 3 is 2.49 bits per heavy atom. The van der Waals surface area contributed by atoms with Crippen molar-refractivity contribution in [2.75, 3.05) is 13.7 Å². The van der Waals surface area contributed by atoms with Crippen LogP contribution in [0.3, 0.4) is 0 Å². The number of hydrogen-bond donors (Lipinski definition) is 3. The van der Waals surface area contributed by atoms with Gasteiger partial charge in [0, 0.05) is 36.1 Å². The molecule has 9 nitrogen and oxygen atoms in total. The number of phenols is 2. The first-order chi connectivity index (χ1) is 16.7. The zero-order chi connectivity index (χ0) is 25.1. The van der Waals surface area contributed by atoms with Crippen molar-refractivity contribution in [3.8, 4) is 17.2 Å². The van der Waals surface area contributed by atoms with E-state index in [1.807, 2.05) is 0 Å². The number of fused-ring (bicyclic) bond motifs is 3. The minimum Gasteiger partial charge on any atom is -0.507 e. The quantitative estimate of drug-likeness (QED) is 0.479. The van der Waals surface area contributed by atoms with Crippen LogP contribution in [0.25, 0.3) is 0 Å². The van der Waals surface area contributed by atoms with Gasteiger partial charge < -0.3 is 29.5 Å². The van der Waals surface area contributed by atoms with Crippen molar-refractivity contribution in [2.45, 2.75) is 57.0 Å². The summed E-state index contributed by atoms with van der Waals surface area (Å²) in [5, 5.41) is 33.8. The first kappa shape index (κ1) is 23.5. The SMILES string of the molecule is COc1cccc2c1C(=O)c1c(O)c3c(c(O)c1C2=O)CC(O)(C(C)=O)CC3OC1CCCCO1. The Bertz CT molecular complexity index is 1260. The number of hydrogen-bond acceptors (Lipinski definition) is 9. The lowest BCUT2D eigenvalue weighted by Gasteiger charge is -2.40. The number of aromatic hydroxyl groups is 2. The summed E-state index contributed by atoms with van der Waals surface area (Å²) >= 11 is 0. The highest BCUT2D eigenvalue weighted by atomic mass is 16.7. The summed E-state index contributed by atoms with van der Waals surface area (Å²) in [5.41, 5.74) is -2.53. The van der Waals surface area contributed by atoms with Gasteiger partial charge in [0.1, 0.15) is 22.8 Å². The third kappa shape index (κ3) is 3.53. The average molecular weight is 482 g/mol. The molecule has 2 aliphatic carbocycles. The van der Waals surface area contributed by atoms with Gasteiger partial charge in [0.05, 0.1) is 29.9 Å². The normalized spacial score (nSPS) is 25.5. The molecule has 3 N–H and O–H groups in total. The van der Waals surface area contributed by atoms with Gasteiger partial charge in [-0.05, 0) is 32.3 Å². The number of Topliss-reactive ketones (excluding diaryl/α,β-unsaturated/α-hetero) is 1. The fourth-order valence-corrected chi connectivity index (χ4v) is 5.30. The first-order valence-electron chi connectivity index (χ1n) is 11.6. The van der Waals surface area contributed by atoms with Crippen molar-refractivity contribution < 1.29 is 43.9 Å². The van der Waals surface area contributed by atoms with Crippen molar-refractivity contribution in [3.63, 3.8) is 0 Å². The van der Waals surface area contributed by atoms with Crippen molar-refractivity contribution in [2.24, 2.45) is 0 Å². The van der Waals surface area contributed by atoms with Gasteiger partial charge in [0.2, 0.25) is 5.78 Å². The van der Waals surface area contributed by atoms with Crippen LogP contribution in [0.4, 0.5) is 0 Å². The smallest absolute Gasteiger partial charge is 0.202 e. The fraction of sp³-hybridized carbons (Fsp3) is 0.423. The van der Waals surface area contributed by atoms with Crippen molar-refractivity contribution in [1.29, 1.82) is 0 Å². The molecule has 0 saturated carbocycles. The van der Waals surface area contributed by atoms with E-state index in [2.05, 4.69) is 0 Å². The van der Waals surface area contributed by atoms with E-state index in [4.69, 9.17) is 14.2 Å². The molecule has 35 heavy (non-hydrogen) atoms. The Morgan fingerprint density at radius 1 is 1.09 bits per heavy atom. The number of methoxy groups -OCH3 is 1. The second kappa shape index (κ2) is 8.44. The van der Waals surface area contributed by atoms with Gasteiger partial charge in [-0.25, -0.2) is 0 Å². The topological polar surface area (TPSA) is 140 Å². The highest BCUT2D eigenvalue weighted by molar-refractivity contribution is 6.31. The van der Waals surface area contributed by atoms with E-state index in [1.54, 1.807) is 6.07 Å². The number of phenolic OH excluding ortho intramolecular Hbond substituents is 2. The van der Waals surface area contributed by atoms with E-state index in [1.165, 1.54) is 26.2 Å². The standard InChI is InChI=1S/C26H26O9/c1-12(27)26(32)10-14-19(16(11-26)35-17-8-3-4-9-34-17)25(31)21-20(23(14)29)22(28)13-6-5-7-15(33-2)18(13)24(21)30/h5-7,16-17,29,31-32H,3-4,8-11H2,1-2H3. The van der Waals surface area contributed by atoms with E-state index < -0.39 is 46.8 Å². The maximum Gasteiger partial charge on any atom is 0.202 e. The summed E-state index contributed by atoms with van der Waals surface area (Å²) in [7, 11) is 1.36. The van der Waals surface area contributed by atoms with Crippen LogP contribution in [-0.4, -0.2) is 58.3 Å². The number of ether oxygens (including phenoxy) is 3.